The van der Waals surface area contributed by atoms with Crippen LogP contribution in [-0.4, -0.2) is 11.9 Å². The number of hydrogen-bond acceptors (Lipinski definition) is 2. The zero-order valence-corrected chi connectivity index (χ0v) is 5.46. The van der Waals surface area contributed by atoms with Gasteiger partial charge in [0, 0.05) is 0 Å². The average molecular weight is 159 g/mol. The molecule has 1 atom stereocenters. The monoisotopic (exact) mass is 159 g/mol. The molecule has 0 saturated heterocycles. The number of halogens is 2. The van der Waals surface area contributed by atoms with Crippen molar-refractivity contribution in [2.24, 2.45) is 5.92 Å². The van der Waals surface area contributed by atoms with Gasteiger partial charge >= 0.3 is 0 Å². The summed E-state index contributed by atoms with van der Waals surface area (Å²) in [5.41, 5.74) is 0. The van der Waals surface area contributed by atoms with E-state index in [9.17, 15) is 18.7 Å². The Morgan fingerprint density at radius 1 is 1.45 bits per heavy atom. The molecule has 0 radical (unpaired) electrons. The van der Waals surface area contributed by atoms with Crippen LogP contribution in [0.15, 0.2) is 24.3 Å². The molecule has 0 aromatic carbocycles. The van der Waals surface area contributed by atoms with E-state index in [1.54, 1.807) is 0 Å². The highest BCUT2D eigenvalue weighted by molar-refractivity contribution is 5.72. The van der Waals surface area contributed by atoms with Crippen molar-refractivity contribution in [3.63, 3.8) is 0 Å². The number of rotatable bonds is 1. The molecule has 4 heteroatoms. The molecule has 1 aliphatic rings. The largest absolute Gasteiger partial charge is 0.549 e. The lowest BCUT2D eigenvalue weighted by molar-refractivity contribution is -0.314. The third kappa shape index (κ3) is 1.45. The molecule has 60 valence electrons. The lowest BCUT2D eigenvalue weighted by Crippen LogP contribution is -2.41. The van der Waals surface area contributed by atoms with Gasteiger partial charge in [0.25, 0.3) is 5.92 Å². The molecule has 0 bridgehead atoms. The fourth-order valence-electron chi connectivity index (χ4n) is 0.827. The number of hydrogen-bond donors (Lipinski definition) is 0. The van der Waals surface area contributed by atoms with Gasteiger partial charge in [-0.3, -0.25) is 0 Å². The molecular weight excluding hydrogens is 154 g/mol. The van der Waals surface area contributed by atoms with Gasteiger partial charge in [0.2, 0.25) is 0 Å². The van der Waals surface area contributed by atoms with Crippen LogP contribution in [0.2, 0.25) is 0 Å². The van der Waals surface area contributed by atoms with Crippen molar-refractivity contribution in [3.8, 4) is 0 Å². The quantitative estimate of drug-likeness (QED) is 0.545. The Kier molecular flexibility index (Phi) is 1.76. The summed E-state index contributed by atoms with van der Waals surface area (Å²) in [7, 11) is 0. The van der Waals surface area contributed by atoms with Crippen LogP contribution < -0.4 is 5.11 Å². The third-order valence-corrected chi connectivity index (χ3v) is 1.40. The lowest BCUT2D eigenvalue weighted by Gasteiger charge is -2.23. The smallest absolute Gasteiger partial charge is 0.278 e. The van der Waals surface area contributed by atoms with E-state index in [4.69, 9.17) is 0 Å². The molecular formula is C7H5F2O2-. The van der Waals surface area contributed by atoms with E-state index >= 15 is 0 Å². The average Bonchev–Trinajstić information content (AvgIpc) is 1.85. The van der Waals surface area contributed by atoms with Gasteiger partial charge in [-0.1, -0.05) is 18.2 Å². The van der Waals surface area contributed by atoms with E-state index in [-0.39, 0.29) is 0 Å². The van der Waals surface area contributed by atoms with E-state index in [2.05, 4.69) is 0 Å². The first-order valence-electron chi connectivity index (χ1n) is 2.99. The van der Waals surface area contributed by atoms with Crippen molar-refractivity contribution >= 4 is 5.97 Å². The maximum atomic E-state index is 12.6. The lowest BCUT2D eigenvalue weighted by atomic mass is 9.97. The number of carbonyl (C=O) groups excluding carboxylic acids is 1. The molecule has 0 aromatic rings. The van der Waals surface area contributed by atoms with Crippen LogP contribution in [0.5, 0.6) is 0 Å². The number of allylic oxidation sites excluding steroid dienone is 3. The van der Waals surface area contributed by atoms with Crippen molar-refractivity contribution in [2.45, 2.75) is 5.92 Å². The molecule has 0 amide bonds. The van der Waals surface area contributed by atoms with Crippen LogP contribution in [0.1, 0.15) is 0 Å². The molecule has 0 aliphatic heterocycles. The van der Waals surface area contributed by atoms with Gasteiger partial charge in [0.05, 0.1) is 11.9 Å². The predicted octanol–water partition coefficient (Wildman–Crippen LogP) is 0.114. The van der Waals surface area contributed by atoms with E-state index in [1.165, 1.54) is 6.08 Å². The Morgan fingerprint density at radius 3 is 2.45 bits per heavy atom. The summed E-state index contributed by atoms with van der Waals surface area (Å²) in [6, 6.07) is 0. The number of carboxylic acids is 1. The second-order valence-corrected chi connectivity index (χ2v) is 2.22. The molecule has 1 unspecified atom stereocenters. The van der Waals surface area contributed by atoms with E-state index in [0.29, 0.717) is 6.08 Å². The van der Waals surface area contributed by atoms with E-state index < -0.39 is 17.8 Å². The van der Waals surface area contributed by atoms with Crippen LogP contribution in [0.4, 0.5) is 8.78 Å². The minimum atomic E-state index is -3.31. The number of carboxylic acid groups (broad SMARTS) is 1. The standard InChI is InChI=1S/C7H6F2O2/c8-7(9)4-2-1-3-5(7)6(10)11/h1-5H,(H,10,11)/p-1. The van der Waals surface area contributed by atoms with Crippen molar-refractivity contribution < 1.29 is 18.7 Å². The summed E-state index contributed by atoms with van der Waals surface area (Å²) >= 11 is 0. The SMILES string of the molecule is O=C([O-])C1C=CC=CC1(F)F. The molecule has 0 heterocycles. The molecule has 0 spiro atoms. The predicted molar refractivity (Wildman–Crippen MR) is 31.7 cm³/mol. The highest BCUT2D eigenvalue weighted by Gasteiger charge is 2.37. The van der Waals surface area contributed by atoms with Crippen LogP contribution in [0.3, 0.4) is 0 Å². The second kappa shape index (κ2) is 2.45. The fraction of sp³-hybridized carbons (Fsp3) is 0.286. The summed E-state index contributed by atoms with van der Waals surface area (Å²) in [4.78, 5) is 10.1. The summed E-state index contributed by atoms with van der Waals surface area (Å²) in [5.74, 6) is -6.89. The summed E-state index contributed by atoms with van der Waals surface area (Å²) in [6.45, 7) is 0. The zero-order chi connectivity index (χ0) is 8.48. The van der Waals surface area contributed by atoms with Crippen LogP contribution in [-0.2, 0) is 4.79 Å². The van der Waals surface area contributed by atoms with Gasteiger partial charge in [0.1, 0.15) is 0 Å². The first-order chi connectivity index (χ1) is 5.04. The van der Waals surface area contributed by atoms with Crippen molar-refractivity contribution in [1.82, 2.24) is 0 Å². The molecule has 11 heavy (non-hydrogen) atoms. The molecule has 1 aliphatic carbocycles. The molecule has 1 rings (SSSR count). The number of alkyl halides is 2. The third-order valence-electron chi connectivity index (χ3n) is 1.40. The van der Waals surface area contributed by atoms with E-state index in [1.807, 2.05) is 0 Å². The van der Waals surface area contributed by atoms with Gasteiger partial charge in [-0.25, -0.2) is 8.78 Å². The highest BCUT2D eigenvalue weighted by Crippen LogP contribution is 2.29. The van der Waals surface area contributed by atoms with Crippen LogP contribution in [0, 0.1) is 5.92 Å². The summed E-state index contributed by atoms with van der Waals surface area (Å²) in [5, 5.41) is 10.1. The van der Waals surface area contributed by atoms with Crippen LogP contribution in [0.25, 0.3) is 0 Å². The van der Waals surface area contributed by atoms with Crippen molar-refractivity contribution in [1.29, 1.82) is 0 Å². The molecule has 0 N–H and O–H groups in total. The summed E-state index contributed by atoms with van der Waals surface area (Å²) in [6.07, 6.45) is 3.83. The number of aliphatic carboxylic acids is 1. The Bertz CT molecular complexity index is 231. The topological polar surface area (TPSA) is 40.1 Å². The van der Waals surface area contributed by atoms with Gasteiger partial charge in [-0.2, -0.15) is 0 Å². The van der Waals surface area contributed by atoms with Gasteiger partial charge in [-0.05, 0) is 6.08 Å². The van der Waals surface area contributed by atoms with Crippen molar-refractivity contribution in [2.75, 3.05) is 0 Å². The Morgan fingerprint density at radius 2 is 2.09 bits per heavy atom. The van der Waals surface area contributed by atoms with Crippen LogP contribution >= 0.6 is 0 Å². The maximum absolute atomic E-state index is 12.6. The molecule has 2 nitrogen and oxygen atoms in total. The zero-order valence-electron chi connectivity index (χ0n) is 5.46. The van der Waals surface area contributed by atoms with Gasteiger partial charge < -0.3 is 9.90 Å². The Hall–Kier alpha value is -1.19. The van der Waals surface area contributed by atoms with Crippen molar-refractivity contribution in [3.05, 3.63) is 24.3 Å². The Balaban J connectivity index is 2.89. The number of carbonyl (C=O) groups is 1. The fourth-order valence-corrected chi connectivity index (χ4v) is 0.827. The second-order valence-electron chi connectivity index (χ2n) is 2.22. The minimum Gasteiger partial charge on any atom is -0.549 e. The van der Waals surface area contributed by atoms with Gasteiger partial charge in [-0.15, -0.1) is 0 Å². The molecule has 0 saturated carbocycles. The summed E-state index contributed by atoms with van der Waals surface area (Å²) < 4.78 is 25.1. The highest BCUT2D eigenvalue weighted by atomic mass is 19.3. The maximum Gasteiger partial charge on any atom is 0.278 e. The van der Waals surface area contributed by atoms with Gasteiger partial charge in [0.15, 0.2) is 0 Å². The Labute approximate surface area is 61.8 Å². The first-order valence-corrected chi connectivity index (χ1v) is 2.99. The normalized spacial score (nSPS) is 26.9. The van der Waals surface area contributed by atoms with E-state index in [0.717, 1.165) is 12.2 Å². The minimum absolute atomic E-state index is 0.549. The molecule has 0 aromatic heterocycles. The first kappa shape index (κ1) is 7.91. The molecule has 0 fully saturated rings.